The highest BCUT2D eigenvalue weighted by Gasteiger charge is 2.34. The Balaban J connectivity index is 2.38. The van der Waals surface area contributed by atoms with Crippen LogP contribution in [0.15, 0.2) is 0 Å². The minimum Gasteiger partial charge on any atom is -0.480 e. The summed E-state index contributed by atoms with van der Waals surface area (Å²) in [6.07, 6.45) is 3.62. The third-order valence-corrected chi connectivity index (χ3v) is 3.62. The van der Waals surface area contributed by atoms with Gasteiger partial charge in [0.05, 0.1) is 0 Å². The topological polar surface area (TPSA) is 78.4 Å². The lowest BCUT2D eigenvalue weighted by atomic mass is 9.96. The number of rotatable bonds is 7. The summed E-state index contributed by atoms with van der Waals surface area (Å²) >= 11 is 0. The van der Waals surface area contributed by atoms with E-state index < -0.39 is 11.5 Å². The quantitative estimate of drug-likeness (QED) is 0.651. The molecule has 5 nitrogen and oxygen atoms in total. The van der Waals surface area contributed by atoms with E-state index in [0.29, 0.717) is 25.3 Å². The van der Waals surface area contributed by atoms with Crippen molar-refractivity contribution < 1.29 is 14.7 Å². The molecule has 0 bridgehead atoms. The number of aliphatic carboxylic acids is 1. The first-order valence-electron chi connectivity index (χ1n) is 6.68. The van der Waals surface area contributed by atoms with E-state index in [0.717, 1.165) is 5.92 Å². The van der Waals surface area contributed by atoms with E-state index in [-0.39, 0.29) is 6.03 Å². The summed E-state index contributed by atoms with van der Waals surface area (Å²) in [4.78, 5) is 22.9. The first kappa shape index (κ1) is 14.8. The molecule has 3 N–H and O–H groups in total. The highest BCUT2D eigenvalue weighted by atomic mass is 16.4. The highest BCUT2D eigenvalue weighted by Crippen LogP contribution is 2.36. The molecular formula is C13H24N2O3. The fraction of sp³-hybridized carbons (Fsp3) is 0.846. The molecule has 1 saturated carbocycles. The maximum absolute atomic E-state index is 11.7. The predicted molar refractivity (Wildman–Crippen MR) is 69.4 cm³/mol. The average molecular weight is 256 g/mol. The van der Waals surface area contributed by atoms with Crippen LogP contribution in [0.1, 0.15) is 46.5 Å². The molecule has 0 aromatic carbocycles. The maximum Gasteiger partial charge on any atom is 0.329 e. The van der Waals surface area contributed by atoms with Crippen LogP contribution in [0.2, 0.25) is 0 Å². The van der Waals surface area contributed by atoms with Crippen molar-refractivity contribution in [3.8, 4) is 0 Å². The summed E-state index contributed by atoms with van der Waals surface area (Å²) < 4.78 is 0. The second-order valence-electron chi connectivity index (χ2n) is 5.54. The largest absolute Gasteiger partial charge is 0.480 e. The van der Waals surface area contributed by atoms with Crippen LogP contribution in [-0.4, -0.2) is 29.2 Å². The van der Waals surface area contributed by atoms with Gasteiger partial charge in [-0.3, -0.25) is 0 Å². The number of carboxylic acid groups (broad SMARTS) is 1. The van der Waals surface area contributed by atoms with Crippen molar-refractivity contribution in [2.75, 3.05) is 6.54 Å². The Morgan fingerprint density at radius 2 is 2.06 bits per heavy atom. The van der Waals surface area contributed by atoms with Gasteiger partial charge in [-0.05, 0) is 38.0 Å². The van der Waals surface area contributed by atoms with Gasteiger partial charge in [0.2, 0.25) is 0 Å². The van der Waals surface area contributed by atoms with Crippen molar-refractivity contribution in [1.82, 2.24) is 10.6 Å². The van der Waals surface area contributed by atoms with E-state index >= 15 is 0 Å². The Labute approximate surface area is 108 Å². The van der Waals surface area contributed by atoms with Gasteiger partial charge >= 0.3 is 12.0 Å². The number of amides is 2. The van der Waals surface area contributed by atoms with Gasteiger partial charge in [-0.2, -0.15) is 0 Å². The molecular weight excluding hydrogens is 232 g/mol. The van der Waals surface area contributed by atoms with E-state index in [4.69, 9.17) is 5.11 Å². The molecule has 0 spiro atoms. The van der Waals surface area contributed by atoms with Crippen LogP contribution >= 0.6 is 0 Å². The molecule has 1 rings (SSSR count). The zero-order valence-electron chi connectivity index (χ0n) is 11.5. The van der Waals surface area contributed by atoms with Crippen molar-refractivity contribution >= 4 is 12.0 Å². The number of urea groups is 1. The Bertz CT molecular complexity index is 315. The predicted octanol–water partition coefficient (Wildman–Crippen LogP) is 1.98. The van der Waals surface area contributed by atoms with Crippen molar-refractivity contribution in [2.45, 2.75) is 52.0 Å². The van der Waals surface area contributed by atoms with Crippen LogP contribution in [0, 0.1) is 11.8 Å². The van der Waals surface area contributed by atoms with Gasteiger partial charge in [0.25, 0.3) is 0 Å². The zero-order valence-corrected chi connectivity index (χ0v) is 11.5. The molecule has 2 atom stereocenters. The van der Waals surface area contributed by atoms with Crippen LogP contribution in [0.25, 0.3) is 0 Å². The average Bonchev–Trinajstić information content (AvgIpc) is 3.09. The number of hydrogen-bond donors (Lipinski definition) is 3. The first-order chi connectivity index (χ1) is 8.39. The van der Waals surface area contributed by atoms with Gasteiger partial charge in [0.15, 0.2) is 0 Å². The second kappa shape index (κ2) is 6.07. The molecule has 1 aliphatic rings. The van der Waals surface area contributed by atoms with E-state index in [1.165, 1.54) is 12.8 Å². The third kappa shape index (κ3) is 4.20. The van der Waals surface area contributed by atoms with Crippen molar-refractivity contribution in [1.29, 1.82) is 0 Å². The monoisotopic (exact) mass is 256 g/mol. The Morgan fingerprint density at radius 1 is 1.44 bits per heavy atom. The Kier molecular flexibility index (Phi) is 4.99. The summed E-state index contributed by atoms with van der Waals surface area (Å²) in [6, 6.07) is -0.388. The van der Waals surface area contributed by atoms with E-state index in [9.17, 15) is 9.59 Å². The molecule has 5 heteroatoms. The third-order valence-electron chi connectivity index (χ3n) is 3.62. The Morgan fingerprint density at radius 3 is 2.50 bits per heavy atom. The highest BCUT2D eigenvalue weighted by molar-refractivity contribution is 5.85. The molecule has 18 heavy (non-hydrogen) atoms. The molecule has 0 aromatic heterocycles. The maximum atomic E-state index is 11.7. The summed E-state index contributed by atoms with van der Waals surface area (Å²) in [6.45, 7) is 6.16. The lowest BCUT2D eigenvalue weighted by Crippen LogP contribution is -2.55. The smallest absolute Gasteiger partial charge is 0.329 e. The molecule has 2 unspecified atom stereocenters. The molecule has 1 aliphatic carbocycles. The molecule has 104 valence electrons. The first-order valence-corrected chi connectivity index (χ1v) is 6.68. The SMILES string of the molecule is CCCC(C)(NC(=O)NCC(C)C1CC1)C(=O)O. The van der Waals surface area contributed by atoms with Crippen LogP contribution in [0.3, 0.4) is 0 Å². The van der Waals surface area contributed by atoms with Crippen LogP contribution in [0.4, 0.5) is 4.79 Å². The number of carbonyl (C=O) groups is 2. The lowest BCUT2D eigenvalue weighted by molar-refractivity contribution is -0.144. The number of nitrogens with one attached hydrogen (secondary N) is 2. The molecule has 0 heterocycles. The van der Waals surface area contributed by atoms with Gasteiger partial charge in [0.1, 0.15) is 5.54 Å². The molecule has 1 fully saturated rings. The van der Waals surface area contributed by atoms with Gasteiger partial charge in [0, 0.05) is 6.54 Å². The molecule has 0 saturated heterocycles. The van der Waals surface area contributed by atoms with E-state index in [2.05, 4.69) is 17.6 Å². The molecule has 2 amide bonds. The van der Waals surface area contributed by atoms with E-state index in [1.54, 1.807) is 6.92 Å². The molecule has 0 aliphatic heterocycles. The van der Waals surface area contributed by atoms with Crippen LogP contribution in [-0.2, 0) is 4.79 Å². The van der Waals surface area contributed by atoms with Crippen molar-refractivity contribution in [3.05, 3.63) is 0 Å². The van der Waals surface area contributed by atoms with Gasteiger partial charge < -0.3 is 15.7 Å². The zero-order chi connectivity index (χ0) is 13.8. The van der Waals surface area contributed by atoms with Crippen LogP contribution in [0.5, 0.6) is 0 Å². The van der Waals surface area contributed by atoms with Crippen LogP contribution < -0.4 is 10.6 Å². The fourth-order valence-corrected chi connectivity index (χ4v) is 2.10. The normalized spacial score (nSPS) is 19.7. The number of carbonyl (C=O) groups excluding carboxylic acids is 1. The van der Waals surface area contributed by atoms with Crippen molar-refractivity contribution in [3.63, 3.8) is 0 Å². The minimum atomic E-state index is -1.18. The summed E-state index contributed by atoms with van der Waals surface area (Å²) in [7, 11) is 0. The van der Waals surface area contributed by atoms with Gasteiger partial charge in [-0.25, -0.2) is 9.59 Å². The molecule has 0 radical (unpaired) electrons. The standard InChI is InChI=1S/C13H24N2O3/c1-4-7-13(3,11(16)17)15-12(18)14-8-9(2)10-5-6-10/h9-10H,4-8H2,1-3H3,(H,16,17)(H2,14,15,18). The number of hydrogen-bond acceptors (Lipinski definition) is 2. The molecule has 0 aromatic rings. The fourth-order valence-electron chi connectivity index (χ4n) is 2.10. The lowest BCUT2D eigenvalue weighted by Gasteiger charge is -2.26. The van der Waals surface area contributed by atoms with E-state index in [1.807, 2.05) is 6.92 Å². The number of carboxylic acids is 1. The van der Waals surface area contributed by atoms with Gasteiger partial charge in [-0.15, -0.1) is 0 Å². The Hall–Kier alpha value is -1.26. The summed E-state index contributed by atoms with van der Waals surface area (Å²) in [5.74, 6) is 0.208. The summed E-state index contributed by atoms with van der Waals surface area (Å²) in [5, 5.41) is 14.5. The summed E-state index contributed by atoms with van der Waals surface area (Å²) in [5.41, 5.74) is -1.18. The van der Waals surface area contributed by atoms with Crippen molar-refractivity contribution in [2.24, 2.45) is 11.8 Å². The van der Waals surface area contributed by atoms with Gasteiger partial charge in [-0.1, -0.05) is 20.3 Å². The minimum absolute atomic E-state index is 0.388. The second-order valence-corrected chi connectivity index (χ2v) is 5.54.